The van der Waals surface area contributed by atoms with Crippen LogP contribution in [0.25, 0.3) is 0 Å². The quantitative estimate of drug-likeness (QED) is 0.817. The van der Waals surface area contributed by atoms with Crippen molar-refractivity contribution in [2.45, 2.75) is 33.2 Å². The lowest BCUT2D eigenvalue weighted by Crippen LogP contribution is -2.23. The maximum Gasteiger partial charge on any atom is 0.303 e. The van der Waals surface area contributed by atoms with E-state index in [-0.39, 0.29) is 18.7 Å². The van der Waals surface area contributed by atoms with Crippen LogP contribution in [-0.4, -0.2) is 17.0 Å². The standard InChI is InChI=1S/C13H17NO3/c1-9-3-4-11(7-10(9)2)8-14-12(15)5-6-13(16)17/h3-4,7H,5-6,8H2,1-2H3,(H,14,15)(H,16,17). The van der Waals surface area contributed by atoms with Gasteiger partial charge in [-0.05, 0) is 30.5 Å². The average Bonchev–Trinajstić information content (AvgIpc) is 2.28. The monoisotopic (exact) mass is 235 g/mol. The molecule has 0 spiro atoms. The van der Waals surface area contributed by atoms with Crippen molar-refractivity contribution in [3.63, 3.8) is 0 Å². The molecule has 0 aliphatic heterocycles. The van der Waals surface area contributed by atoms with Gasteiger partial charge >= 0.3 is 5.97 Å². The summed E-state index contributed by atoms with van der Waals surface area (Å²) < 4.78 is 0. The summed E-state index contributed by atoms with van der Waals surface area (Å²) in [4.78, 5) is 21.6. The number of carbonyl (C=O) groups excluding carboxylic acids is 1. The van der Waals surface area contributed by atoms with Crippen LogP contribution in [0, 0.1) is 13.8 Å². The molecule has 0 aliphatic rings. The van der Waals surface area contributed by atoms with Crippen LogP contribution in [0.15, 0.2) is 18.2 Å². The molecule has 17 heavy (non-hydrogen) atoms. The van der Waals surface area contributed by atoms with E-state index >= 15 is 0 Å². The molecule has 0 radical (unpaired) electrons. The number of rotatable bonds is 5. The summed E-state index contributed by atoms with van der Waals surface area (Å²) in [6, 6.07) is 5.99. The van der Waals surface area contributed by atoms with Crippen LogP contribution >= 0.6 is 0 Å². The van der Waals surface area contributed by atoms with Crippen molar-refractivity contribution in [3.8, 4) is 0 Å². The Bertz CT molecular complexity index is 427. The molecule has 0 saturated carbocycles. The van der Waals surface area contributed by atoms with Gasteiger partial charge in [0, 0.05) is 13.0 Å². The molecule has 1 aromatic carbocycles. The summed E-state index contributed by atoms with van der Waals surface area (Å²) >= 11 is 0. The molecule has 0 unspecified atom stereocenters. The first-order valence-corrected chi connectivity index (χ1v) is 5.53. The van der Waals surface area contributed by atoms with E-state index in [1.165, 1.54) is 11.1 Å². The zero-order valence-corrected chi connectivity index (χ0v) is 10.1. The number of aryl methyl sites for hydroxylation is 2. The van der Waals surface area contributed by atoms with Gasteiger partial charge in [-0.2, -0.15) is 0 Å². The normalized spacial score (nSPS) is 10.0. The van der Waals surface area contributed by atoms with Gasteiger partial charge < -0.3 is 10.4 Å². The molecular weight excluding hydrogens is 218 g/mol. The second-order valence-electron chi connectivity index (χ2n) is 4.09. The van der Waals surface area contributed by atoms with Gasteiger partial charge in [0.1, 0.15) is 0 Å². The summed E-state index contributed by atoms with van der Waals surface area (Å²) in [6.45, 7) is 4.50. The summed E-state index contributed by atoms with van der Waals surface area (Å²) in [5, 5.41) is 11.1. The van der Waals surface area contributed by atoms with E-state index in [2.05, 4.69) is 5.32 Å². The van der Waals surface area contributed by atoms with Crippen molar-refractivity contribution < 1.29 is 14.7 Å². The highest BCUT2D eigenvalue weighted by atomic mass is 16.4. The molecule has 1 rings (SSSR count). The lowest BCUT2D eigenvalue weighted by molar-refractivity contribution is -0.138. The van der Waals surface area contributed by atoms with Gasteiger partial charge in [-0.1, -0.05) is 18.2 Å². The van der Waals surface area contributed by atoms with Crippen molar-refractivity contribution in [1.82, 2.24) is 5.32 Å². The van der Waals surface area contributed by atoms with Gasteiger partial charge in [-0.3, -0.25) is 9.59 Å². The maximum atomic E-state index is 11.3. The molecule has 0 fully saturated rings. The fourth-order valence-electron chi connectivity index (χ4n) is 1.42. The minimum Gasteiger partial charge on any atom is -0.481 e. The lowest BCUT2D eigenvalue weighted by atomic mass is 10.1. The first-order valence-electron chi connectivity index (χ1n) is 5.53. The Morgan fingerprint density at radius 2 is 1.88 bits per heavy atom. The number of carbonyl (C=O) groups is 2. The van der Waals surface area contributed by atoms with Gasteiger partial charge in [0.2, 0.25) is 5.91 Å². The molecule has 1 amide bonds. The summed E-state index contributed by atoms with van der Waals surface area (Å²) in [5.74, 6) is -1.18. The van der Waals surface area contributed by atoms with Crippen molar-refractivity contribution in [3.05, 3.63) is 34.9 Å². The number of carboxylic acids is 1. The van der Waals surface area contributed by atoms with Gasteiger partial charge in [-0.25, -0.2) is 0 Å². The predicted molar refractivity (Wildman–Crippen MR) is 64.6 cm³/mol. The van der Waals surface area contributed by atoms with Crippen molar-refractivity contribution in [2.75, 3.05) is 0 Å². The zero-order valence-electron chi connectivity index (χ0n) is 10.1. The molecule has 0 aromatic heterocycles. The second kappa shape index (κ2) is 6.03. The van der Waals surface area contributed by atoms with Crippen molar-refractivity contribution in [2.24, 2.45) is 0 Å². The van der Waals surface area contributed by atoms with Crippen LogP contribution in [0.2, 0.25) is 0 Å². The highest BCUT2D eigenvalue weighted by Crippen LogP contribution is 2.09. The van der Waals surface area contributed by atoms with E-state index < -0.39 is 5.97 Å². The van der Waals surface area contributed by atoms with E-state index in [9.17, 15) is 9.59 Å². The average molecular weight is 235 g/mol. The lowest BCUT2D eigenvalue weighted by Gasteiger charge is -2.07. The Kier molecular flexibility index (Phi) is 4.69. The number of benzene rings is 1. The van der Waals surface area contributed by atoms with Gasteiger partial charge in [-0.15, -0.1) is 0 Å². The Labute approximate surface area is 101 Å². The van der Waals surface area contributed by atoms with Gasteiger partial charge in [0.25, 0.3) is 0 Å². The van der Waals surface area contributed by atoms with Crippen LogP contribution in [0.4, 0.5) is 0 Å². The summed E-state index contributed by atoms with van der Waals surface area (Å²) in [5.41, 5.74) is 3.42. The van der Waals surface area contributed by atoms with Crippen LogP contribution < -0.4 is 5.32 Å². The largest absolute Gasteiger partial charge is 0.481 e. The number of amides is 1. The molecule has 0 heterocycles. The topological polar surface area (TPSA) is 66.4 Å². The third-order valence-corrected chi connectivity index (χ3v) is 2.63. The third kappa shape index (κ3) is 4.68. The van der Waals surface area contributed by atoms with Crippen molar-refractivity contribution in [1.29, 1.82) is 0 Å². The number of aliphatic carboxylic acids is 1. The van der Waals surface area contributed by atoms with Crippen LogP contribution in [0.3, 0.4) is 0 Å². The first-order chi connectivity index (χ1) is 7.99. The second-order valence-corrected chi connectivity index (χ2v) is 4.09. The van der Waals surface area contributed by atoms with Crippen molar-refractivity contribution >= 4 is 11.9 Å². The maximum absolute atomic E-state index is 11.3. The first kappa shape index (κ1) is 13.2. The molecule has 1 aromatic rings. The van der Waals surface area contributed by atoms with E-state index in [1.54, 1.807) is 0 Å². The van der Waals surface area contributed by atoms with E-state index in [4.69, 9.17) is 5.11 Å². The zero-order chi connectivity index (χ0) is 12.8. The number of hydrogen-bond acceptors (Lipinski definition) is 2. The molecule has 2 N–H and O–H groups in total. The van der Waals surface area contributed by atoms with Crippen LogP contribution in [0.1, 0.15) is 29.5 Å². The van der Waals surface area contributed by atoms with Gasteiger partial charge in [0.05, 0.1) is 6.42 Å². The van der Waals surface area contributed by atoms with E-state index in [0.717, 1.165) is 5.56 Å². The highest BCUT2D eigenvalue weighted by Gasteiger charge is 2.05. The molecule has 0 saturated heterocycles. The number of carboxylic acid groups (broad SMARTS) is 1. The van der Waals surface area contributed by atoms with E-state index in [1.807, 2.05) is 32.0 Å². The summed E-state index contributed by atoms with van der Waals surface area (Å²) in [6.07, 6.45) is -0.0983. The Hall–Kier alpha value is -1.84. The fraction of sp³-hybridized carbons (Fsp3) is 0.385. The predicted octanol–water partition coefficient (Wildman–Crippen LogP) is 1.78. The van der Waals surface area contributed by atoms with E-state index in [0.29, 0.717) is 6.54 Å². The molecule has 0 bridgehead atoms. The fourth-order valence-corrected chi connectivity index (χ4v) is 1.42. The molecule has 4 heteroatoms. The number of hydrogen-bond donors (Lipinski definition) is 2. The minimum atomic E-state index is -0.952. The Balaban J connectivity index is 2.42. The smallest absolute Gasteiger partial charge is 0.303 e. The third-order valence-electron chi connectivity index (χ3n) is 2.63. The Morgan fingerprint density at radius 1 is 1.18 bits per heavy atom. The van der Waals surface area contributed by atoms with Crippen LogP contribution in [0.5, 0.6) is 0 Å². The highest BCUT2D eigenvalue weighted by molar-refractivity contribution is 5.80. The molecular formula is C13H17NO3. The molecule has 4 nitrogen and oxygen atoms in total. The SMILES string of the molecule is Cc1ccc(CNC(=O)CCC(=O)O)cc1C. The molecule has 0 atom stereocenters. The minimum absolute atomic E-state index is 0.0280. The van der Waals surface area contributed by atoms with Gasteiger partial charge in [0.15, 0.2) is 0 Å². The Morgan fingerprint density at radius 3 is 2.47 bits per heavy atom. The molecule has 0 aliphatic carbocycles. The van der Waals surface area contributed by atoms with Crippen LogP contribution in [-0.2, 0) is 16.1 Å². The molecule has 92 valence electrons. The summed E-state index contributed by atoms with van der Waals surface area (Å²) in [7, 11) is 0. The number of nitrogens with one attached hydrogen (secondary N) is 1.